The first-order valence-corrected chi connectivity index (χ1v) is 9.97. The molecule has 0 unspecified atom stereocenters. The molecule has 0 saturated carbocycles. The summed E-state index contributed by atoms with van der Waals surface area (Å²) < 4.78 is 26.8. The summed E-state index contributed by atoms with van der Waals surface area (Å²) in [6, 6.07) is 9.59. The Balaban J connectivity index is 1.91. The first-order valence-electron chi connectivity index (χ1n) is 8.15. The van der Waals surface area contributed by atoms with Gasteiger partial charge in [0.15, 0.2) is 0 Å². The Kier molecular flexibility index (Phi) is 5.45. The highest BCUT2D eigenvalue weighted by Gasteiger charge is 2.29. The molecule has 142 valence electrons. The normalized spacial score (nSPS) is 14.9. The van der Waals surface area contributed by atoms with Crippen molar-refractivity contribution in [1.29, 1.82) is 0 Å². The van der Waals surface area contributed by atoms with Gasteiger partial charge in [-0.25, -0.2) is 8.42 Å². The molecule has 1 saturated heterocycles. The van der Waals surface area contributed by atoms with Crippen molar-refractivity contribution < 1.29 is 18.1 Å². The molecule has 2 aromatic carbocycles. The van der Waals surface area contributed by atoms with Crippen LogP contribution in [-0.2, 0) is 10.0 Å². The van der Waals surface area contributed by atoms with Gasteiger partial charge in [0.05, 0.1) is 9.95 Å². The van der Waals surface area contributed by atoms with Crippen molar-refractivity contribution in [2.75, 3.05) is 18.4 Å². The van der Waals surface area contributed by atoms with Crippen molar-refractivity contribution in [3.05, 3.63) is 63.2 Å². The van der Waals surface area contributed by atoms with Crippen molar-refractivity contribution in [2.24, 2.45) is 0 Å². The van der Waals surface area contributed by atoms with Crippen LogP contribution in [0.2, 0.25) is 5.02 Å². The van der Waals surface area contributed by atoms with E-state index >= 15 is 0 Å². The third-order valence-corrected chi connectivity index (χ3v) is 6.60. The quantitative estimate of drug-likeness (QED) is 0.601. The topological polar surface area (TPSA) is 110 Å². The fourth-order valence-electron chi connectivity index (χ4n) is 2.87. The van der Waals surface area contributed by atoms with E-state index in [-0.39, 0.29) is 26.9 Å². The zero-order valence-corrected chi connectivity index (χ0v) is 15.7. The van der Waals surface area contributed by atoms with E-state index in [0.717, 1.165) is 12.8 Å². The molecule has 1 fully saturated rings. The number of rotatable bonds is 5. The summed E-state index contributed by atoms with van der Waals surface area (Å²) >= 11 is 6.07. The lowest BCUT2D eigenvalue weighted by Gasteiger charge is -2.17. The van der Waals surface area contributed by atoms with Gasteiger partial charge < -0.3 is 5.32 Å². The molecular formula is C17H16ClN3O5S. The van der Waals surface area contributed by atoms with Gasteiger partial charge in [0.1, 0.15) is 10.5 Å². The van der Waals surface area contributed by atoms with Gasteiger partial charge in [-0.3, -0.25) is 14.9 Å². The fraction of sp³-hybridized carbons (Fsp3) is 0.235. The van der Waals surface area contributed by atoms with Crippen LogP contribution < -0.4 is 5.32 Å². The van der Waals surface area contributed by atoms with Gasteiger partial charge in [-0.15, -0.1) is 0 Å². The van der Waals surface area contributed by atoms with Gasteiger partial charge in [-0.2, -0.15) is 4.31 Å². The Bertz CT molecular complexity index is 1000. The van der Waals surface area contributed by atoms with Crippen molar-refractivity contribution in [2.45, 2.75) is 17.7 Å². The summed E-state index contributed by atoms with van der Waals surface area (Å²) in [5, 5.41) is 13.6. The van der Waals surface area contributed by atoms with Gasteiger partial charge in [0.2, 0.25) is 10.0 Å². The van der Waals surface area contributed by atoms with Crippen LogP contribution in [0.15, 0.2) is 47.4 Å². The molecule has 0 aliphatic carbocycles. The minimum Gasteiger partial charge on any atom is -0.322 e. The maximum absolute atomic E-state index is 12.7. The third-order valence-electron chi connectivity index (χ3n) is 4.22. The number of nitrogens with zero attached hydrogens (tertiary/aromatic N) is 2. The van der Waals surface area contributed by atoms with E-state index in [1.54, 1.807) is 0 Å². The van der Waals surface area contributed by atoms with Gasteiger partial charge in [-0.1, -0.05) is 23.7 Å². The predicted molar refractivity (Wildman–Crippen MR) is 100 cm³/mol. The number of amides is 1. The molecule has 3 rings (SSSR count). The Morgan fingerprint density at radius 1 is 1.15 bits per heavy atom. The molecule has 0 bridgehead atoms. The highest BCUT2D eigenvalue weighted by molar-refractivity contribution is 7.89. The van der Waals surface area contributed by atoms with Gasteiger partial charge in [-0.05, 0) is 37.1 Å². The SMILES string of the molecule is O=C(Nc1ccc(Cl)c(S(=O)(=O)N2CCCC2)c1)c1ccccc1[N+](=O)[O-]. The number of carbonyl (C=O) groups is 1. The van der Waals surface area contributed by atoms with E-state index < -0.39 is 20.9 Å². The molecule has 1 N–H and O–H groups in total. The number of sulfonamides is 1. The van der Waals surface area contributed by atoms with Crippen LogP contribution in [0.25, 0.3) is 0 Å². The van der Waals surface area contributed by atoms with Gasteiger partial charge >= 0.3 is 0 Å². The summed E-state index contributed by atoms with van der Waals surface area (Å²) in [6.07, 6.45) is 1.57. The number of nitrogens with one attached hydrogen (secondary N) is 1. The van der Waals surface area contributed by atoms with Crippen LogP contribution in [0.4, 0.5) is 11.4 Å². The number of nitro benzene ring substituents is 1. The Morgan fingerprint density at radius 2 is 1.81 bits per heavy atom. The van der Waals surface area contributed by atoms with Crippen molar-refractivity contribution in [3.63, 3.8) is 0 Å². The summed E-state index contributed by atoms with van der Waals surface area (Å²) in [6.45, 7) is 0.844. The largest absolute Gasteiger partial charge is 0.322 e. The third kappa shape index (κ3) is 3.95. The minimum atomic E-state index is -3.77. The number of carbonyl (C=O) groups excluding carboxylic acids is 1. The number of anilines is 1. The Labute approximate surface area is 160 Å². The molecule has 0 atom stereocenters. The number of hydrogen-bond acceptors (Lipinski definition) is 5. The maximum Gasteiger partial charge on any atom is 0.282 e. The molecule has 27 heavy (non-hydrogen) atoms. The highest BCUT2D eigenvalue weighted by Crippen LogP contribution is 2.30. The highest BCUT2D eigenvalue weighted by atomic mass is 35.5. The first-order chi connectivity index (χ1) is 12.8. The lowest BCUT2D eigenvalue weighted by atomic mass is 10.1. The summed E-state index contributed by atoms with van der Waals surface area (Å²) in [5.41, 5.74) is -0.282. The fourth-order valence-corrected chi connectivity index (χ4v) is 4.89. The molecule has 1 amide bonds. The molecule has 8 nitrogen and oxygen atoms in total. The minimum absolute atomic E-state index is 0.0468. The number of para-hydroxylation sites is 1. The summed E-state index contributed by atoms with van der Waals surface area (Å²) in [4.78, 5) is 22.8. The van der Waals surface area contributed by atoms with E-state index in [2.05, 4.69) is 5.32 Å². The standard InChI is InChI=1S/C17H16ClN3O5S/c18-14-8-7-12(11-16(14)27(25,26)20-9-3-4-10-20)19-17(22)13-5-1-2-6-15(13)21(23)24/h1-2,5-8,11H,3-4,9-10H2,(H,19,22). The van der Waals surface area contributed by atoms with Crippen LogP contribution >= 0.6 is 11.6 Å². The van der Waals surface area contributed by atoms with Crippen molar-refractivity contribution in [1.82, 2.24) is 4.31 Å². The molecule has 0 aromatic heterocycles. The zero-order chi connectivity index (χ0) is 19.6. The summed E-state index contributed by atoms with van der Waals surface area (Å²) in [5.74, 6) is -0.714. The average molecular weight is 410 g/mol. The second kappa shape index (κ2) is 7.63. The zero-order valence-electron chi connectivity index (χ0n) is 14.1. The molecule has 0 radical (unpaired) electrons. The van der Waals surface area contributed by atoms with E-state index in [1.807, 2.05) is 0 Å². The number of halogens is 1. The lowest BCUT2D eigenvalue weighted by molar-refractivity contribution is -0.385. The van der Waals surface area contributed by atoms with Crippen LogP contribution in [0, 0.1) is 10.1 Å². The lowest BCUT2D eigenvalue weighted by Crippen LogP contribution is -2.28. The monoisotopic (exact) mass is 409 g/mol. The van der Waals surface area contributed by atoms with E-state index in [1.165, 1.54) is 46.8 Å². The molecule has 1 heterocycles. The molecule has 1 aliphatic rings. The molecule has 2 aromatic rings. The number of nitro groups is 1. The van der Waals surface area contributed by atoms with Crippen LogP contribution in [0.5, 0.6) is 0 Å². The Morgan fingerprint density at radius 3 is 2.48 bits per heavy atom. The first kappa shape index (κ1) is 19.3. The average Bonchev–Trinajstić information content (AvgIpc) is 3.18. The molecule has 0 spiro atoms. The summed E-state index contributed by atoms with van der Waals surface area (Å²) in [7, 11) is -3.77. The van der Waals surface area contributed by atoms with Gasteiger partial charge in [0, 0.05) is 24.8 Å². The van der Waals surface area contributed by atoms with Gasteiger partial charge in [0.25, 0.3) is 11.6 Å². The van der Waals surface area contributed by atoms with Crippen molar-refractivity contribution in [3.8, 4) is 0 Å². The predicted octanol–water partition coefficient (Wildman–Crippen LogP) is 3.29. The van der Waals surface area contributed by atoms with E-state index in [4.69, 9.17) is 11.6 Å². The molecule has 1 aliphatic heterocycles. The molecule has 10 heteroatoms. The Hall–Kier alpha value is -2.49. The van der Waals surface area contributed by atoms with Crippen LogP contribution in [-0.4, -0.2) is 36.6 Å². The maximum atomic E-state index is 12.7. The van der Waals surface area contributed by atoms with E-state index in [9.17, 15) is 23.3 Å². The second-order valence-corrected chi connectivity index (χ2v) is 8.30. The molecular weight excluding hydrogens is 394 g/mol. The van der Waals surface area contributed by atoms with Crippen LogP contribution in [0.1, 0.15) is 23.2 Å². The second-order valence-electron chi connectivity index (χ2n) is 5.98. The van der Waals surface area contributed by atoms with Crippen molar-refractivity contribution >= 4 is 38.9 Å². The number of benzene rings is 2. The number of hydrogen-bond donors (Lipinski definition) is 1. The van der Waals surface area contributed by atoms with E-state index in [0.29, 0.717) is 13.1 Å². The van der Waals surface area contributed by atoms with Crippen LogP contribution in [0.3, 0.4) is 0 Å². The smallest absolute Gasteiger partial charge is 0.282 e.